The summed E-state index contributed by atoms with van der Waals surface area (Å²) in [6.45, 7) is 1.19. The monoisotopic (exact) mass is 315 g/mol. The van der Waals surface area contributed by atoms with Crippen LogP contribution in [0.5, 0.6) is 0 Å². The lowest BCUT2D eigenvalue weighted by atomic mass is 9.67. The number of carbonyl (C=O) groups excluding carboxylic acids is 1. The molecule has 2 aliphatic rings. The first-order valence-corrected chi connectivity index (χ1v) is 7.35. The van der Waals surface area contributed by atoms with Crippen molar-refractivity contribution in [1.82, 2.24) is 4.90 Å². The molecule has 0 unspecified atom stereocenters. The molecule has 0 radical (unpaired) electrons. The molecule has 1 heterocycles. The highest BCUT2D eigenvalue weighted by molar-refractivity contribution is 5.79. The van der Waals surface area contributed by atoms with Crippen molar-refractivity contribution in [2.24, 2.45) is 5.41 Å². The van der Waals surface area contributed by atoms with Crippen molar-refractivity contribution >= 4 is 5.91 Å². The predicted molar refractivity (Wildman–Crippen MR) is 72.9 cm³/mol. The molecule has 3 rings (SSSR count). The highest BCUT2D eigenvalue weighted by Gasteiger charge is 2.49. The summed E-state index contributed by atoms with van der Waals surface area (Å²) in [6, 6.07) is 4.67. The van der Waals surface area contributed by atoms with Crippen LogP contribution in [0.3, 0.4) is 0 Å². The Morgan fingerprint density at radius 2 is 1.86 bits per heavy atom. The first-order chi connectivity index (χ1) is 10.3. The van der Waals surface area contributed by atoms with E-state index in [9.17, 15) is 22.4 Å². The summed E-state index contributed by atoms with van der Waals surface area (Å²) in [7, 11) is 0. The molecule has 2 nitrogen and oxygen atoms in total. The predicted octanol–water partition coefficient (Wildman–Crippen LogP) is 3.60. The summed E-state index contributed by atoms with van der Waals surface area (Å²) >= 11 is 0. The van der Waals surface area contributed by atoms with E-state index in [4.69, 9.17) is 0 Å². The second-order valence-corrected chi connectivity index (χ2v) is 6.44. The van der Waals surface area contributed by atoms with Crippen LogP contribution in [0.15, 0.2) is 24.3 Å². The number of nitrogens with zero attached hydrogens (tertiary/aromatic N) is 1. The van der Waals surface area contributed by atoms with Crippen LogP contribution in [-0.2, 0) is 17.4 Å². The Labute approximate surface area is 126 Å². The van der Waals surface area contributed by atoms with Crippen molar-refractivity contribution < 1.29 is 22.4 Å². The Morgan fingerprint density at radius 1 is 1.23 bits per heavy atom. The molecular formula is C16H17F4NO. The number of carbonyl (C=O) groups is 1. The summed E-state index contributed by atoms with van der Waals surface area (Å²) in [5.41, 5.74) is -0.196. The summed E-state index contributed by atoms with van der Waals surface area (Å²) in [5, 5.41) is 0. The van der Waals surface area contributed by atoms with E-state index in [-0.39, 0.29) is 17.7 Å². The number of likely N-dealkylation sites (tertiary alicyclic amines) is 1. The van der Waals surface area contributed by atoms with Gasteiger partial charge in [0, 0.05) is 13.1 Å². The first-order valence-electron chi connectivity index (χ1n) is 7.35. The van der Waals surface area contributed by atoms with E-state index in [2.05, 4.69) is 0 Å². The Morgan fingerprint density at radius 3 is 2.41 bits per heavy atom. The normalized spacial score (nSPS) is 28.0. The number of hydrogen-bond acceptors (Lipinski definition) is 1. The minimum Gasteiger partial charge on any atom is -0.342 e. The molecule has 1 aliphatic heterocycles. The van der Waals surface area contributed by atoms with Crippen LogP contribution in [0.25, 0.3) is 0 Å². The minimum absolute atomic E-state index is 0.0464. The number of alkyl halides is 4. The fourth-order valence-electron chi connectivity index (χ4n) is 3.46. The highest BCUT2D eigenvalue weighted by Crippen LogP contribution is 2.49. The molecule has 1 aromatic carbocycles. The van der Waals surface area contributed by atoms with Crippen molar-refractivity contribution in [2.45, 2.75) is 38.0 Å². The Kier molecular flexibility index (Phi) is 3.65. The Bertz CT molecular complexity index is 561. The van der Waals surface area contributed by atoms with Gasteiger partial charge in [0.1, 0.15) is 6.17 Å². The topological polar surface area (TPSA) is 20.3 Å². The van der Waals surface area contributed by atoms with Gasteiger partial charge in [0.25, 0.3) is 0 Å². The molecule has 1 saturated heterocycles. The lowest BCUT2D eigenvalue weighted by Gasteiger charge is -2.40. The molecule has 0 atom stereocenters. The van der Waals surface area contributed by atoms with E-state index >= 15 is 0 Å². The molecule has 1 amide bonds. The van der Waals surface area contributed by atoms with Crippen LogP contribution in [0, 0.1) is 5.41 Å². The van der Waals surface area contributed by atoms with Crippen LogP contribution in [0.1, 0.15) is 30.4 Å². The SMILES string of the molecule is O=C(Cc1ccc(C(F)(F)F)cc1)N1CCC2(CC(F)C2)C1. The summed E-state index contributed by atoms with van der Waals surface area (Å²) in [4.78, 5) is 13.9. The Hall–Kier alpha value is -1.59. The molecule has 0 aromatic heterocycles. The van der Waals surface area contributed by atoms with Crippen molar-refractivity contribution in [1.29, 1.82) is 0 Å². The van der Waals surface area contributed by atoms with Gasteiger partial charge in [-0.2, -0.15) is 13.2 Å². The third kappa shape index (κ3) is 2.96. The van der Waals surface area contributed by atoms with Gasteiger partial charge >= 0.3 is 6.18 Å². The van der Waals surface area contributed by atoms with Crippen molar-refractivity contribution in [3.8, 4) is 0 Å². The maximum absolute atomic E-state index is 13.0. The second-order valence-electron chi connectivity index (χ2n) is 6.44. The smallest absolute Gasteiger partial charge is 0.342 e. The Balaban J connectivity index is 1.58. The van der Waals surface area contributed by atoms with Gasteiger partial charge in [0.15, 0.2) is 0 Å². The van der Waals surface area contributed by atoms with Crippen molar-refractivity contribution in [3.63, 3.8) is 0 Å². The largest absolute Gasteiger partial charge is 0.416 e. The maximum Gasteiger partial charge on any atom is 0.416 e. The van der Waals surface area contributed by atoms with Gasteiger partial charge in [0.05, 0.1) is 12.0 Å². The number of hydrogen-bond donors (Lipinski definition) is 0. The van der Waals surface area contributed by atoms with E-state index < -0.39 is 17.9 Å². The molecule has 120 valence electrons. The van der Waals surface area contributed by atoms with Gasteiger partial charge in [0.2, 0.25) is 5.91 Å². The third-order valence-corrected chi connectivity index (χ3v) is 4.74. The fraction of sp³-hybridized carbons (Fsp3) is 0.562. The zero-order chi connectivity index (χ0) is 16.0. The fourth-order valence-corrected chi connectivity index (χ4v) is 3.46. The zero-order valence-corrected chi connectivity index (χ0v) is 12.0. The lowest BCUT2D eigenvalue weighted by Crippen LogP contribution is -2.42. The molecule has 1 aliphatic carbocycles. The third-order valence-electron chi connectivity index (χ3n) is 4.74. The highest BCUT2D eigenvalue weighted by atomic mass is 19.4. The minimum atomic E-state index is -4.36. The maximum atomic E-state index is 13.0. The standard InChI is InChI=1S/C16H17F4NO/c17-13-8-15(9-13)5-6-21(10-15)14(22)7-11-1-3-12(4-2-11)16(18,19)20/h1-4,13H,5-10H2. The average molecular weight is 315 g/mol. The van der Waals surface area contributed by atoms with Gasteiger partial charge in [-0.15, -0.1) is 0 Å². The second kappa shape index (κ2) is 5.25. The molecule has 1 spiro atoms. The van der Waals surface area contributed by atoms with E-state index in [1.807, 2.05) is 0 Å². The van der Waals surface area contributed by atoms with E-state index in [0.717, 1.165) is 18.6 Å². The van der Waals surface area contributed by atoms with Crippen molar-refractivity contribution in [2.75, 3.05) is 13.1 Å². The number of rotatable bonds is 2. The summed E-state index contributed by atoms with van der Waals surface area (Å²) < 4.78 is 50.5. The summed E-state index contributed by atoms with van der Waals surface area (Å²) in [6.07, 6.45) is -3.14. The van der Waals surface area contributed by atoms with Crippen LogP contribution in [0.2, 0.25) is 0 Å². The van der Waals surface area contributed by atoms with E-state index in [1.54, 1.807) is 4.90 Å². The molecule has 0 bridgehead atoms. The van der Waals surface area contributed by atoms with Gasteiger partial charge < -0.3 is 4.90 Å². The van der Waals surface area contributed by atoms with Crippen LogP contribution >= 0.6 is 0 Å². The van der Waals surface area contributed by atoms with Crippen LogP contribution in [0.4, 0.5) is 17.6 Å². The average Bonchev–Trinajstić information content (AvgIpc) is 2.83. The zero-order valence-electron chi connectivity index (χ0n) is 12.0. The quantitative estimate of drug-likeness (QED) is 0.764. The molecular weight excluding hydrogens is 298 g/mol. The molecule has 1 aromatic rings. The van der Waals surface area contributed by atoms with E-state index in [0.29, 0.717) is 31.5 Å². The van der Waals surface area contributed by atoms with Crippen LogP contribution in [-0.4, -0.2) is 30.1 Å². The van der Waals surface area contributed by atoms with Gasteiger partial charge in [-0.05, 0) is 42.4 Å². The number of amides is 1. The van der Waals surface area contributed by atoms with Crippen LogP contribution < -0.4 is 0 Å². The molecule has 22 heavy (non-hydrogen) atoms. The number of benzene rings is 1. The number of halogens is 4. The van der Waals surface area contributed by atoms with Gasteiger partial charge in [-0.3, -0.25) is 4.79 Å². The molecule has 2 fully saturated rings. The molecule has 1 saturated carbocycles. The van der Waals surface area contributed by atoms with Gasteiger partial charge in [-0.1, -0.05) is 12.1 Å². The lowest BCUT2D eigenvalue weighted by molar-refractivity contribution is -0.137. The van der Waals surface area contributed by atoms with Crippen molar-refractivity contribution in [3.05, 3.63) is 35.4 Å². The van der Waals surface area contributed by atoms with E-state index in [1.165, 1.54) is 12.1 Å². The first kappa shape index (κ1) is 15.3. The molecule has 0 N–H and O–H groups in total. The molecule has 6 heteroatoms. The van der Waals surface area contributed by atoms with Gasteiger partial charge in [-0.25, -0.2) is 4.39 Å². The summed E-state index contributed by atoms with van der Waals surface area (Å²) in [5.74, 6) is -0.0982.